The molecule has 2 nitrogen and oxygen atoms in total. The summed E-state index contributed by atoms with van der Waals surface area (Å²) in [5.41, 5.74) is -0.0279. The number of methoxy groups -OCH3 is 1. The quantitative estimate of drug-likeness (QED) is 0.698. The maximum atomic E-state index is 13.9. The highest BCUT2D eigenvalue weighted by Crippen LogP contribution is 2.44. The van der Waals surface area contributed by atoms with Crippen molar-refractivity contribution in [1.82, 2.24) is 0 Å². The number of hydrogen-bond acceptors (Lipinski definition) is 2. The molecule has 80 valence electrons. The molecule has 1 aliphatic rings. The number of carbonyl (C=O) groups is 1. The summed E-state index contributed by atoms with van der Waals surface area (Å²) in [5, 5.41) is 0. The zero-order chi connectivity index (χ0) is 10.9. The molecule has 0 radical (unpaired) electrons. The van der Waals surface area contributed by atoms with Gasteiger partial charge in [0, 0.05) is 0 Å². The van der Waals surface area contributed by atoms with E-state index in [4.69, 9.17) is 0 Å². The number of alkyl halides is 1. The van der Waals surface area contributed by atoms with E-state index in [0.717, 1.165) is 6.42 Å². The number of halogens is 1. The molecule has 3 heteroatoms. The second kappa shape index (κ2) is 3.65. The SMILES string of the molecule is COC(=O)c1ccc(C2(F)CCC2)cc1. The molecule has 0 amide bonds. The number of carbonyl (C=O) groups excluding carboxylic acids is 1. The van der Waals surface area contributed by atoms with E-state index in [-0.39, 0.29) is 5.97 Å². The van der Waals surface area contributed by atoms with Crippen molar-refractivity contribution >= 4 is 5.97 Å². The summed E-state index contributed by atoms with van der Waals surface area (Å²) < 4.78 is 18.5. The lowest BCUT2D eigenvalue weighted by molar-refractivity contribution is 0.0586. The van der Waals surface area contributed by atoms with Crippen molar-refractivity contribution in [2.75, 3.05) is 7.11 Å². The van der Waals surface area contributed by atoms with E-state index in [1.165, 1.54) is 7.11 Å². The molecule has 1 fully saturated rings. The Morgan fingerprint density at radius 3 is 2.33 bits per heavy atom. The van der Waals surface area contributed by atoms with E-state index < -0.39 is 5.67 Å². The van der Waals surface area contributed by atoms with Gasteiger partial charge in [0.25, 0.3) is 0 Å². The van der Waals surface area contributed by atoms with Crippen molar-refractivity contribution in [1.29, 1.82) is 0 Å². The van der Waals surface area contributed by atoms with Gasteiger partial charge >= 0.3 is 5.97 Å². The molecule has 1 aromatic carbocycles. The minimum Gasteiger partial charge on any atom is -0.465 e. The van der Waals surface area contributed by atoms with Crippen LogP contribution in [0.4, 0.5) is 4.39 Å². The molecule has 1 aliphatic carbocycles. The predicted molar refractivity (Wildman–Crippen MR) is 54.4 cm³/mol. The summed E-state index contributed by atoms with van der Waals surface area (Å²) in [6, 6.07) is 6.57. The fourth-order valence-corrected chi connectivity index (χ4v) is 1.80. The van der Waals surface area contributed by atoms with Gasteiger partial charge in [-0.1, -0.05) is 12.1 Å². The smallest absolute Gasteiger partial charge is 0.337 e. The van der Waals surface area contributed by atoms with Crippen LogP contribution in [0.3, 0.4) is 0 Å². The first-order valence-corrected chi connectivity index (χ1v) is 5.03. The molecule has 15 heavy (non-hydrogen) atoms. The lowest BCUT2D eigenvalue weighted by Crippen LogP contribution is -2.28. The third kappa shape index (κ3) is 1.74. The number of rotatable bonds is 2. The minimum atomic E-state index is -1.16. The monoisotopic (exact) mass is 208 g/mol. The second-order valence-electron chi connectivity index (χ2n) is 3.89. The first-order valence-electron chi connectivity index (χ1n) is 5.03. The molecule has 0 N–H and O–H groups in total. The van der Waals surface area contributed by atoms with Crippen molar-refractivity contribution in [3.8, 4) is 0 Å². The van der Waals surface area contributed by atoms with Crippen LogP contribution < -0.4 is 0 Å². The molecule has 1 aromatic rings. The van der Waals surface area contributed by atoms with Gasteiger partial charge in [-0.25, -0.2) is 9.18 Å². The van der Waals surface area contributed by atoms with Crippen LogP contribution in [0.1, 0.15) is 35.2 Å². The van der Waals surface area contributed by atoms with Gasteiger partial charge in [0.05, 0.1) is 12.7 Å². The lowest BCUT2D eigenvalue weighted by Gasteiger charge is -2.34. The average Bonchev–Trinajstić information content (AvgIpc) is 2.25. The molecular formula is C12H13FO2. The van der Waals surface area contributed by atoms with E-state index in [0.29, 0.717) is 24.0 Å². The third-order valence-electron chi connectivity index (χ3n) is 2.97. The van der Waals surface area contributed by atoms with Crippen LogP contribution in [-0.4, -0.2) is 13.1 Å². The summed E-state index contributed by atoms with van der Waals surface area (Å²) in [5.74, 6) is -0.386. The first-order chi connectivity index (χ1) is 7.15. The van der Waals surface area contributed by atoms with Crippen LogP contribution in [0, 0.1) is 0 Å². The molecule has 2 rings (SSSR count). The maximum Gasteiger partial charge on any atom is 0.337 e. The largest absolute Gasteiger partial charge is 0.465 e. The van der Waals surface area contributed by atoms with Crippen LogP contribution in [0.5, 0.6) is 0 Å². The maximum absolute atomic E-state index is 13.9. The molecule has 0 saturated heterocycles. The molecule has 0 aliphatic heterocycles. The number of ether oxygens (including phenoxy) is 1. The fourth-order valence-electron chi connectivity index (χ4n) is 1.80. The van der Waals surface area contributed by atoms with Crippen LogP contribution in [-0.2, 0) is 10.4 Å². The van der Waals surface area contributed by atoms with Gasteiger partial charge in [0.1, 0.15) is 5.67 Å². The molecular weight excluding hydrogens is 195 g/mol. The Hall–Kier alpha value is -1.38. The van der Waals surface area contributed by atoms with Crippen molar-refractivity contribution in [3.05, 3.63) is 35.4 Å². The Bertz CT molecular complexity index is 366. The summed E-state index contributed by atoms with van der Waals surface area (Å²) in [7, 11) is 1.33. The van der Waals surface area contributed by atoms with Crippen molar-refractivity contribution in [2.24, 2.45) is 0 Å². The Balaban J connectivity index is 2.20. The van der Waals surface area contributed by atoms with E-state index in [9.17, 15) is 9.18 Å². The van der Waals surface area contributed by atoms with Gasteiger partial charge in [0.2, 0.25) is 0 Å². The standard InChI is InChI=1S/C12H13FO2/c1-15-11(14)9-3-5-10(6-4-9)12(13)7-2-8-12/h3-6H,2,7-8H2,1H3. The van der Waals surface area contributed by atoms with Crippen molar-refractivity contribution in [2.45, 2.75) is 24.9 Å². The van der Waals surface area contributed by atoms with Gasteiger partial charge in [-0.3, -0.25) is 0 Å². The third-order valence-corrected chi connectivity index (χ3v) is 2.97. The van der Waals surface area contributed by atoms with Crippen LogP contribution >= 0.6 is 0 Å². The van der Waals surface area contributed by atoms with Gasteiger partial charge in [-0.15, -0.1) is 0 Å². The van der Waals surface area contributed by atoms with Gasteiger partial charge in [-0.2, -0.15) is 0 Å². The summed E-state index contributed by atoms with van der Waals surface area (Å²) in [6.07, 6.45) is 2.12. The highest BCUT2D eigenvalue weighted by atomic mass is 19.1. The number of hydrogen-bond donors (Lipinski definition) is 0. The van der Waals surface area contributed by atoms with Crippen LogP contribution in [0.2, 0.25) is 0 Å². The molecule has 0 unspecified atom stereocenters. The summed E-state index contributed by atoms with van der Waals surface area (Å²) in [6.45, 7) is 0. The number of esters is 1. The minimum absolute atomic E-state index is 0.386. The molecule has 0 spiro atoms. The summed E-state index contributed by atoms with van der Waals surface area (Å²) >= 11 is 0. The van der Waals surface area contributed by atoms with Gasteiger partial charge < -0.3 is 4.74 Å². The van der Waals surface area contributed by atoms with E-state index in [1.807, 2.05) is 0 Å². The van der Waals surface area contributed by atoms with Crippen LogP contribution in [0.15, 0.2) is 24.3 Å². The predicted octanol–water partition coefficient (Wildman–Crippen LogP) is 2.82. The highest BCUT2D eigenvalue weighted by Gasteiger charge is 2.38. The normalized spacial score (nSPS) is 18.0. The zero-order valence-electron chi connectivity index (χ0n) is 8.63. The van der Waals surface area contributed by atoms with Gasteiger partial charge in [-0.05, 0) is 37.0 Å². The molecule has 0 bridgehead atoms. The molecule has 0 atom stereocenters. The Morgan fingerprint density at radius 1 is 1.33 bits per heavy atom. The fraction of sp³-hybridized carbons (Fsp3) is 0.417. The average molecular weight is 208 g/mol. The molecule has 0 aromatic heterocycles. The number of benzene rings is 1. The first kappa shape index (κ1) is 10.1. The van der Waals surface area contributed by atoms with Crippen molar-refractivity contribution in [3.63, 3.8) is 0 Å². The van der Waals surface area contributed by atoms with E-state index >= 15 is 0 Å². The van der Waals surface area contributed by atoms with Crippen LogP contribution in [0.25, 0.3) is 0 Å². The Kier molecular flexibility index (Phi) is 2.47. The Morgan fingerprint density at radius 2 is 1.93 bits per heavy atom. The lowest BCUT2D eigenvalue weighted by atomic mass is 9.77. The highest BCUT2D eigenvalue weighted by molar-refractivity contribution is 5.89. The Labute approximate surface area is 88.1 Å². The topological polar surface area (TPSA) is 26.3 Å². The zero-order valence-corrected chi connectivity index (χ0v) is 8.63. The molecule has 0 heterocycles. The van der Waals surface area contributed by atoms with Crippen molar-refractivity contribution < 1.29 is 13.9 Å². The van der Waals surface area contributed by atoms with E-state index in [1.54, 1.807) is 24.3 Å². The van der Waals surface area contributed by atoms with Gasteiger partial charge in [0.15, 0.2) is 0 Å². The summed E-state index contributed by atoms with van der Waals surface area (Å²) in [4.78, 5) is 11.1. The second-order valence-corrected chi connectivity index (χ2v) is 3.89. The van der Waals surface area contributed by atoms with E-state index in [2.05, 4.69) is 4.74 Å². The molecule has 1 saturated carbocycles.